The molecule has 0 N–H and O–H groups in total. The molecule has 1 aliphatic carbocycles. The highest BCUT2D eigenvalue weighted by Gasteiger charge is 2.34. The van der Waals surface area contributed by atoms with E-state index in [1.807, 2.05) is 13.8 Å². The fourth-order valence-corrected chi connectivity index (χ4v) is 1.88. The van der Waals surface area contributed by atoms with Crippen LogP contribution >= 0.6 is 0 Å². The molecule has 2 heteroatoms. The summed E-state index contributed by atoms with van der Waals surface area (Å²) in [5.41, 5.74) is 0. The van der Waals surface area contributed by atoms with Gasteiger partial charge in [0, 0.05) is 6.42 Å². The molecule has 14 heavy (non-hydrogen) atoms. The lowest BCUT2D eigenvalue weighted by molar-refractivity contribution is -0.144. The van der Waals surface area contributed by atoms with Crippen molar-refractivity contribution in [1.29, 1.82) is 0 Å². The van der Waals surface area contributed by atoms with Crippen molar-refractivity contribution >= 4 is 5.97 Å². The molecule has 0 heterocycles. The average Bonchev–Trinajstić information content (AvgIpc) is 2.82. The summed E-state index contributed by atoms with van der Waals surface area (Å²) in [7, 11) is 0. The standard InChI is InChI=1S/C12H22O2/c1-4-10-8-11(10)5-6-14-12(13)7-9(2)3/h9-11H,4-8H2,1-3H3. The third-order valence-corrected chi connectivity index (χ3v) is 2.92. The first-order valence-corrected chi connectivity index (χ1v) is 5.79. The quantitative estimate of drug-likeness (QED) is 0.613. The van der Waals surface area contributed by atoms with Crippen molar-refractivity contribution in [2.24, 2.45) is 17.8 Å². The lowest BCUT2D eigenvalue weighted by Crippen LogP contribution is -2.09. The molecule has 0 spiro atoms. The van der Waals surface area contributed by atoms with Crippen LogP contribution in [0, 0.1) is 17.8 Å². The Bertz CT molecular complexity index is 187. The number of carbonyl (C=O) groups is 1. The molecule has 1 rings (SSSR count). The van der Waals surface area contributed by atoms with Gasteiger partial charge in [0.05, 0.1) is 6.61 Å². The Balaban J connectivity index is 1.96. The first-order valence-electron chi connectivity index (χ1n) is 5.79. The van der Waals surface area contributed by atoms with Crippen LogP contribution in [-0.2, 0) is 9.53 Å². The molecule has 1 aliphatic rings. The molecule has 0 saturated heterocycles. The fraction of sp³-hybridized carbons (Fsp3) is 0.917. The van der Waals surface area contributed by atoms with Gasteiger partial charge in [-0.1, -0.05) is 27.2 Å². The van der Waals surface area contributed by atoms with Crippen LogP contribution in [0.3, 0.4) is 0 Å². The summed E-state index contributed by atoms with van der Waals surface area (Å²) in [5.74, 6) is 2.13. The summed E-state index contributed by atoms with van der Waals surface area (Å²) in [6, 6.07) is 0. The van der Waals surface area contributed by atoms with Gasteiger partial charge in [-0.05, 0) is 30.6 Å². The van der Waals surface area contributed by atoms with E-state index >= 15 is 0 Å². The average molecular weight is 198 g/mol. The van der Waals surface area contributed by atoms with Gasteiger partial charge in [-0.2, -0.15) is 0 Å². The highest BCUT2D eigenvalue weighted by atomic mass is 16.5. The van der Waals surface area contributed by atoms with Crippen molar-refractivity contribution < 1.29 is 9.53 Å². The minimum atomic E-state index is -0.0336. The van der Waals surface area contributed by atoms with Crippen molar-refractivity contribution in [2.75, 3.05) is 6.61 Å². The van der Waals surface area contributed by atoms with E-state index in [4.69, 9.17) is 4.74 Å². The first kappa shape index (κ1) is 11.5. The van der Waals surface area contributed by atoms with Gasteiger partial charge in [0.1, 0.15) is 0 Å². The molecule has 2 unspecified atom stereocenters. The van der Waals surface area contributed by atoms with Crippen molar-refractivity contribution in [3.63, 3.8) is 0 Å². The van der Waals surface area contributed by atoms with Crippen molar-refractivity contribution in [3.05, 3.63) is 0 Å². The predicted molar refractivity (Wildman–Crippen MR) is 56.9 cm³/mol. The molecule has 0 aliphatic heterocycles. The molecule has 0 bridgehead atoms. The van der Waals surface area contributed by atoms with Crippen LogP contribution in [-0.4, -0.2) is 12.6 Å². The van der Waals surface area contributed by atoms with E-state index < -0.39 is 0 Å². The largest absolute Gasteiger partial charge is 0.466 e. The topological polar surface area (TPSA) is 26.3 Å². The second-order valence-electron chi connectivity index (χ2n) is 4.77. The van der Waals surface area contributed by atoms with Crippen molar-refractivity contribution in [3.8, 4) is 0 Å². The minimum Gasteiger partial charge on any atom is -0.466 e. The zero-order chi connectivity index (χ0) is 10.6. The molecule has 0 aromatic rings. The lowest BCUT2D eigenvalue weighted by atomic mass is 10.1. The molecule has 0 aromatic heterocycles. The van der Waals surface area contributed by atoms with Gasteiger partial charge in [0.2, 0.25) is 0 Å². The molecule has 1 fully saturated rings. The van der Waals surface area contributed by atoms with E-state index in [1.54, 1.807) is 0 Å². The Hall–Kier alpha value is -0.530. The molecule has 0 amide bonds. The van der Waals surface area contributed by atoms with Crippen LogP contribution in [0.25, 0.3) is 0 Å². The van der Waals surface area contributed by atoms with Crippen LogP contribution in [0.1, 0.15) is 46.5 Å². The highest BCUT2D eigenvalue weighted by Crippen LogP contribution is 2.43. The Morgan fingerprint density at radius 3 is 2.64 bits per heavy atom. The monoisotopic (exact) mass is 198 g/mol. The van der Waals surface area contributed by atoms with E-state index in [0.29, 0.717) is 18.9 Å². The lowest BCUT2D eigenvalue weighted by Gasteiger charge is -2.05. The highest BCUT2D eigenvalue weighted by molar-refractivity contribution is 5.69. The molecule has 82 valence electrons. The summed E-state index contributed by atoms with van der Waals surface area (Å²) in [6.45, 7) is 6.94. The number of rotatable bonds is 6. The molecule has 2 atom stereocenters. The van der Waals surface area contributed by atoms with Gasteiger partial charge in [-0.3, -0.25) is 4.79 Å². The summed E-state index contributed by atoms with van der Waals surface area (Å²) < 4.78 is 5.16. The van der Waals surface area contributed by atoms with Crippen LogP contribution < -0.4 is 0 Å². The maximum atomic E-state index is 11.2. The Labute approximate surface area is 87.0 Å². The molecule has 0 radical (unpaired) electrons. The third-order valence-electron chi connectivity index (χ3n) is 2.92. The first-order chi connectivity index (χ1) is 6.63. The minimum absolute atomic E-state index is 0.0336. The van der Waals surface area contributed by atoms with Crippen LogP contribution in [0.5, 0.6) is 0 Å². The van der Waals surface area contributed by atoms with Crippen LogP contribution in [0.4, 0.5) is 0 Å². The van der Waals surface area contributed by atoms with E-state index in [2.05, 4.69) is 6.92 Å². The van der Waals surface area contributed by atoms with Gasteiger partial charge in [0.15, 0.2) is 0 Å². The summed E-state index contributed by atoms with van der Waals surface area (Å²) in [5, 5.41) is 0. The number of hydrogen-bond acceptors (Lipinski definition) is 2. The third kappa shape index (κ3) is 4.12. The Kier molecular flexibility index (Phi) is 4.43. The SMILES string of the molecule is CCC1CC1CCOC(=O)CC(C)C. The smallest absolute Gasteiger partial charge is 0.306 e. The number of esters is 1. The second-order valence-corrected chi connectivity index (χ2v) is 4.77. The maximum absolute atomic E-state index is 11.2. The summed E-state index contributed by atoms with van der Waals surface area (Å²) in [4.78, 5) is 11.2. The number of ether oxygens (including phenoxy) is 1. The normalized spacial score (nSPS) is 25.1. The number of hydrogen-bond donors (Lipinski definition) is 0. The molecule has 1 saturated carbocycles. The Morgan fingerprint density at radius 2 is 2.14 bits per heavy atom. The Morgan fingerprint density at radius 1 is 1.43 bits per heavy atom. The van der Waals surface area contributed by atoms with E-state index in [0.717, 1.165) is 18.3 Å². The van der Waals surface area contributed by atoms with E-state index in [-0.39, 0.29) is 5.97 Å². The van der Waals surface area contributed by atoms with Crippen LogP contribution in [0.15, 0.2) is 0 Å². The second kappa shape index (κ2) is 5.38. The maximum Gasteiger partial charge on any atom is 0.306 e. The molecular formula is C12H22O2. The summed E-state index contributed by atoms with van der Waals surface area (Å²) >= 11 is 0. The van der Waals surface area contributed by atoms with Crippen molar-refractivity contribution in [2.45, 2.75) is 46.5 Å². The van der Waals surface area contributed by atoms with Gasteiger partial charge < -0.3 is 4.74 Å². The van der Waals surface area contributed by atoms with Crippen molar-refractivity contribution in [1.82, 2.24) is 0 Å². The fourth-order valence-electron chi connectivity index (χ4n) is 1.88. The van der Waals surface area contributed by atoms with Crippen LogP contribution in [0.2, 0.25) is 0 Å². The van der Waals surface area contributed by atoms with Gasteiger partial charge in [0.25, 0.3) is 0 Å². The zero-order valence-electron chi connectivity index (χ0n) is 9.58. The van der Waals surface area contributed by atoms with Gasteiger partial charge >= 0.3 is 5.97 Å². The van der Waals surface area contributed by atoms with E-state index in [9.17, 15) is 4.79 Å². The molecule has 2 nitrogen and oxygen atoms in total. The van der Waals surface area contributed by atoms with Gasteiger partial charge in [-0.25, -0.2) is 0 Å². The van der Waals surface area contributed by atoms with Gasteiger partial charge in [-0.15, -0.1) is 0 Å². The predicted octanol–water partition coefficient (Wildman–Crippen LogP) is 3.01. The molecular weight excluding hydrogens is 176 g/mol. The summed E-state index contributed by atoms with van der Waals surface area (Å²) in [6.07, 6.45) is 4.26. The van der Waals surface area contributed by atoms with E-state index in [1.165, 1.54) is 12.8 Å². The molecule has 0 aromatic carbocycles. The number of carbonyl (C=O) groups excluding carboxylic acids is 1. The zero-order valence-corrected chi connectivity index (χ0v) is 9.58.